The van der Waals surface area contributed by atoms with Gasteiger partial charge in [0.05, 0.1) is 28.6 Å². The lowest BCUT2D eigenvalue weighted by molar-refractivity contribution is 0.448. The second kappa shape index (κ2) is 7.21. The molecule has 1 aliphatic rings. The number of hydrogen-bond acceptors (Lipinski definition) is 6. The first-order valence-electron chi connectivity index (χ1n) is 10.6. The van der Waals surface area contributed by atoms with E-state index in [0.717, 1.165) is 65.4 Å². The van der Waals surface area contributed by atoms with Gasteiger partial charge in [0, 0.05) is 24.7 Å². The zero-order valence-corrected chi connectivity index (χ0v) is 17.2. The lowest BCUT2D eigenvalue weighted by atomic mass is 9.98. The molecule has 31 heavy (non-hydrogen) atoms. The number of benzene rings is 1. The number of nitrogens with one attached hydrogen (secondary N) is 3. The third-order valence-corrected chi connectivity index (χ3v) is 5.84. The molecule has 0 aliphatic carbocycles. The maximum Gasteiger partial charge on any atom is 0.247 e. The van der Waals surface area contributed by atoms with Gasteiger partial charge in [0.1, 0.15) is 5.82 Å². The Kier molecular flexibility index (Phi) is 4.20. The van der Waals surface area contributed by atoms with Crippen molar-refractivity contribution in [2.24, 2.45) is 7.05 Å². The van der Waals surface area contributed by atoms with Crippen LogP contribution in [0.3, 0.4) is 0 Å². The Morgan fingerprint density at radius 1 is 1.10 bits per heavy atom. The summed E-state index contributed by atoms with van der Waals surface area (Å²) in [6.07, 6.45) is 5.88. The Morgan fingerprint density at radius 2 is 2.00 bits per heavy atom. The number of H-pyrrole nitrogens is 1. The minimum atomic E-state index is 0.497. The fourth-order valence-corrected chi connectivity index (χ4v) is 4.27. The maximum absolute atomic E-state index is 4.85. The van der Waals surface area contributed by atoms with Crippen molar-refractivity contribution in [3.05, 3.63) is 54.6 Å². The summed E-state index contributed by atoms with van der Waals surface area (Å²) < 4.78 is 3.60. The standard InChI is InChI=1S/C22H23N9/c1-30-13-16(12-24-30)25-22-28-20-4-2-3-19(31(20)29-22)15-5-6-17-18(11-15)27-21(26-17)14-7-9-23-10-8-14/h2-6,11-14,23H,7-10H2,1H3,(H,25,29)(H,26,27). The molecule has 1 aromatic carbocycles. The van der Waals surface area contributed by atoms with E-state index < -0.39 is 0 Å². The van der Waals surface area contributed by atoms with Crippen molar-refractivity contribution in [1.29, 1.82) is 0 Å². The van der Waals surface area contributed by atoms with E-state index >= 15 is 0 Å². The van der Waals surface area contributed by atoms with Crippen LogP contribution in [0.25, 0.3) is 27.9 Å². The van der Waals surface area contributed by atoms with Crippen LogP contribution >= 0.6 is 0 Å². The van der Waals surface area contributed by atoms with Crippen molar-refractivity contribution in [2.75, 3.05) is 18.4 Å². The zero-order valence-electron chi connectivity index (χ0n) is 17.2. The highest BCUT2D eigenvalue weighted by Crippen LogP contribution is 2.28. The molecule has 0 atom stereocenters. The number of imidazole rings is 1. The molecule has 3 N–H and O–H groups in total. The molecule has 1 fully saturated rings. The molecule has 0 spiro atoms. The van der Waals surface area contributed by atoms with Gasteiger partial charge in [0.2, 0.25) is 5.95 Å². The van der Waals surface area contributed by atoms with Crippen LogP contribution in [-0.4, -0.2) is 47.4 Å². The van der Waals surface area contributed by atoms with Crippen LogP contribution < -0.4 is 10.6 Å². The van der Waals surface area contributed by atoms with Gasteiger partial charge < -0.3 is 15.6 Å². The SMILES string of the molecule is Cn1cc(Nc2nc3cccc(-c4ccc5nc(C6CCNCC6)[nH]c5c4)n3n2)cn1. The average molecular weight is 413 g/mol. The average Bonchev–Trinajstić information content (AvgIpc) is 3.51. The van der Waals surface area contributed by atoms with Crippen molar-refractivity contribution >= 4 is 28.3 Å². The quantitative estimate of drug-likeness (QED) is 0.418. The Morgan fingerprint density at radius 3 is 2.84 bits per heavy atom. The lowest BCUT2D eigenvalue weighted by Gasteiger charge is -2.20. The largest absolute Gasteiger partial charge is 0.342 e. The third-order valence-electron chi connectivity index (χ3n) is 5.84. The van der Waals surface area contributed by atoms with E-state index in [4.69, 9.17) is 4.98 Å². The minimum Gasteiger partial charge on any atom is -0.342 e. The van der Waals surface area contributed by atoms with Crippen LogP contribution in [0.2, 0.25) is 0 Å². The number of aromatic nitrogens is 7. The first kappa shape index (κ1) is 18.1. The predicted octanol–water partition coefficient (Wildman–Crippen LogP) is 3.22. The molecule has 0 radical (unpaired) electrons. The van der Waals surface area contributed by atoms with Crippen molar-refractivity contribution in [3.63, 3.8) is 0 Å². The summed E-state index contributed by atoms with van der Waals surface area (Å²) in [5.41, 5.74) is 5.73. The summed E-state index contributed by atoms with van der Waals surface area (Å²) in [5.74, 6) is 2.13. The van der Waals surface area contributed by atoms with Gasteiger partial charge >= 0.3 is 0 Å². The first-order chi connectivity index (χ1) is 15.2. The van der Waals surface area contributed by atoms with Crippen molar-refractivity contribution in [1.82, 2.24) is 39.7 Å². The number of aromatic amines is 1. The summed E-state index contributed by atoms with van der Waals surface area (Å²) in [6, 6.07) is 12.3. The fraction of sp³-hybridized carbons (Fsp3) is 0.273. The van der Waals surface area contributed by atoms with E-state index in [-0.39, 0.29) is 0 Å². The second-order valence-corrected chi connectivity index (χ2v) is 8.02. The van der Waals surface area contributed by atoms with Crippen molar-refractivity contribution in [3.8, 4) is 11.3 Å². The Bertz CT molecular complexity index is 1370. The minimum absolute atomic E-state index is 0.497. The highest BCUT2D eigenvalue weighted by atomic mass is 15.4. The van der Waals surface area contributed by atoms with Crippen molar-refractivity contribution < 1.29 is 0 Å². The monoisotopic (exact) mass is 413 g/mol. The number of aryl methyl sites for hydroxylation is 1. The summed E-state index contributed by atoms with van der Waals surface area (Å²) >= 11 is 0. The lowest BCUT2D eigenvalue weighted by Crippen LogP contribution is -2.27. The highest BCUT2D eigenvalue weighted by molar-refractivity contribution is 5.81. The van der Waals surface area contributed by atoms with Gasteiger partial charge in [-0.15, -0.1) is 5.10 Å². The van der Waals surface area contributed by atoms with E-state index in [9.17, 15) is 0 Å². The Labute approximate surface area is 178 Å². The second-order valence-electron chi connectivity index (χ2n) is 8.02. The van der Waals surface area contributed by atoms with E-state index in [1.54, 1.807) is 10.9 Å². The Balaban J connectivity index is 1.36. The number of fused-ring (bicyclic) bond motifs is 2. The number of hydrogen-bond donors (Lipinski definition) is 3. The molecular formula is C22H23N9. The smallest absolute Gasteiger partial charge is 0.247 e. The van der Waals surface area contributed by atoms with Crippen molar-refractivity contribution in [2.45, 2.75) is 18.8 Å². The molecule has 1 aliphatic heterocycles. The topological polar surface area (TPSA) is 101 Å². The van der Waals surface area contributed by atoms with Crippen LogP contribution in [0.1, 0.15) is 24.6 Å². The number of rotatable bonds is 4. The van der Waals surface area contributed by atoms with Crippen LogP contribution in [0.5, 0.6) is 0 Å². The Hall–Kier alpha value is -3.72. The molecule has 0 bridgehead atoms. The molecule has 5 aromatic rings. The predicted molar refractivity (Wildman–Crippen MR) is 119 cm³/mol. The van der Waals surface area contributed by atoms with Crippen LogP contribution in [0.4, 0.5) is 11.6 Å². The molecular weight excluding hydrogens is 390 g/mol. The van der Waals surface area contributed by atoms with Gasteiger partial charge in [-0.1, -0.05) is 12.1 Å². The van der Waals surface area contributed by atoms with Gasteiger partial charge in [0.15, 0.2) is 5.65 Å². The van der Waals surface area contributed by atoms with Gasteiger partial charge in [-0.25, -0.2) is 9.50 Å². The molecule has 9 heteroatoms. The molecule has 1 saturated heterocycles. The van der Waals surface area contributed by atoms with Crippen LogP contribution in [-0.2, 0) is 7.05 Å². The highest BCUT2D eigenvalue weighted by Gasteiger charge is 2.19. The first-order valence-corrected chi connectivity index (χ1v) is 10.6. The molecule has 5 heterocycles. The third kappa shape index (κ3) is 3.32. The molecule has 0 saturated carbocycles. The van der Waals surface area contributed by atoms with Gasteiger partial charge in [0.25, 0.3) is 0 Å². The fourth-order valence-electron chi connectivity index (χ4n) is 4.27. The molecule has 6 rings (SSSR count). The molecule has 0 amide bonds. The summed E-state index contributed by atoms with van der Waals surface area (Å²) in [5, 5.41) is 15.5. The van der Waals surface area contributed by atoms with Crippen LogP contribution in [0.15, 0.2) is 48.8 Å². The molecule has 9 nitrogen and oxygen atoms in total. The molecule has 0 unspecified atom stereocenters. The summed E-state index contributed by atoms with van der Waals surface area (Å²) in [6.45, 7) is 2.10. The van der Waals surface area contributed by atoms with Gasteiger partial charge in [-0.05, 0) is 50.2 Å². The van der Waals surface area contributed by atoms with E-state index in [1.165, 1.54) is 0 Å². The zero-order chi connectivity index (χ0) is 20.8. The van der Waals surface area contributed by atoms with E-state index in [2.05, 4.69) is 55.1 Å². The van der Waals surface area contributed by atoms with Gasteiger partial charge in [-0.2, -0.15) is 10.1 Å². The summed E-state index contributed by atoms with van der Waals surface area (Å²) in [7, 11) is 1.88. The van der Waals surface area contributed by atoms with Gasteiger partial charge in [-0.3, -0.25) is 4.68 Å². The normalized spacial score (nSPS) is 15.1. The maximum atomic E-state index is 4.85. The molecule has 4 aromatic heterocycles. The van der Waals surface area contributed by atoms with E-state index in [0.29, 0.717) is 11.9 Å². The molecule has 156 valence electrons. The number of nitrogens with zero attached hydrogens (tertiary/aromatic N) is 6. The summed E-state index contributed by atoms with van der Waals surface area (Å²) in [4.78, 5) is 13.0. The van der Waals surface area contributed by atoms with E-state index in [1.807, 2.05) is 29.9 Å². The number of piperidine rings is 1. The number of anilines is 2. The number of pyridine rings is 1. The van der Waals surface area contributed by atoms with Crippen LogP contribution in [0, 0.1) is 0 Å².